The van der Waals surface area contributed by atoms with Crippen LogP contribution in [-0.2, 0) is 19.0 Å². The van der Waals surface area contributed by atoms with Crippen molar-refractivity contribution < 1.29 is 44.5 Å². The summed E-state index contributed by atoms with van der Waals surface area (Å²) in [6.07, 6.45) is 4.24. The number of cyclic esters (lactones) is 1. The van der Waals surface area contributed by atoms with Crippen molar-refractivity contribution in [3.8, 4) is 0 Å². The van der Waals surface area contributed by atoms with Crippen LogP contribution in [-0.4, -0.2) is 86.6 Å². The molecule has 4 aliphatic carbocycles. The van der Waals surface area contributed by atoms with E-state index >= 15 is 0 Å². The van der Waals surface area contributed by atoms with E-state index in [9.17, 15) is 30.3 Å². The molecule has 214 valence electrons. The van der Waals surface area contributed by atoms with Gasteiger partial charge in [-0.2, -0.15) is 0 Å². The third-order valence-electron chi connectivity index (χ3n) is 12.1. The lowest BCUT2D eigenvalue weighted by atomic mass is 9.41. The smallest absolute Gasteiger partial charge is 0.331 e. The van der Waals surface area contributed by atoms with Gasteiger partial charge in [0.15, 0.2) is 6.29 Å². The summed E-state index contributed by atoms with van der Waals surface area (Å²) in [5, 5.41) is 55.6. The number of rotatable bonds is 4. The molecule has 0 radical (unpaired) electrons. The van der Waals surface area contributed by atoms with Crippen LogP contribution in [0, 0.1) is 28.6 Å². The molecule has 0 spiro atoms. The van der Waals surface area contributed by atoms with Crippen molar-refractivity contribution >= 4 is 5.97 Å². The fraction of sp³-hybridized carbons (Fsp3) is 0.897. The second-order valence-electron chi connectivity index (χ2n) is 13.5. The minimum Gasteiger partial charge on any atom is -0.458 e. The number of hydrogen-bond acceptors (Lipinski definition) is 9. The molecule has 2 heterocycles. The maximum atomic E-state index is 12.4. The molecule has 6 rings (SSSR count). The van der Waals surface area contributed by atoms with Crippen LogP contribution in [0.1, 0.15) is 78.1 Å². The van der Waals surface area contributed by atoms with Gasteiger partial charge in [0.05, 0.1) is 36.1 Å². The molecule has 38 heavy (non-hydrogen) atoms. The second kappa shape index (κ2) is 9.23. The molecular formula is C29H44O9. The molecule has 6 aliphatic rings. The molecule has 12 atom stereocenters. The van der Waals surface area contributed by atoms with E-state index in [1.807, 2.05) is 0 Å². The molecule has 0 amide bonds. The monoisotopic (exact) mass is 536 g/mol. The average Bonchev–Trinajstić information content (AvgIpc) is 3.41. The van der Waals surface area contributed by atoms with Crippen LogP contribution in [0.5, 0.6) is 0 Å². The topological polar surface area (TPSA) is 146 Å². The molecule has 9 nitrogen and oxygen atoms in total. The Kier molecular flexibility index (Phi) is 6.58. The van der Waals surface area contributed by atoms with Gasteiger partial charge in [0, 0.05) is 29.7 Å². The van der Waals surface area contributed by atoms with Crippen molar-refractivity contribution in [2.24, 2.45) is 28.6 Å². The maximum Gasteiger partial charge on any atom is 0.331 e. The van der Waals surface area contributed by atoms with Crippen LogP contribution < -0.4 is 0 Å². The number of aliphatic hydroxyl groups is 5. The van der Waals surface area contributed by atoms with Crippen molar-refractivity contribution in [2.45, 2.75) is 120 Å². The lowest BCUT2D eigenvalue weighted by molar-refractivity contribution is -0.297. The number of hydrogen-bond donors (Lipinski definition) is 5. The minimum absolute atomic E-state index is 0.0117. The van der Waals surface area contributed by atoms with E-state index in [0.29, 0.717) is 45.1 Å². The van der Waals surface area contributed by atoms with Crippen LogP contribution in [0.15, 0.2) is 11.6 Å². The summed E-state index contributed by atoms with van der Waals surface area (Å²) in [5.41, 5.74) is -2.15. The Labute approximate surface area is 224 Å². The highest BCUT2D eigenvalue weighted by Gasteiger charge is 2.71. The average molecular weight is 537 g/mol. The highest BCUT2D eigenvalue weighted by Crippen LogP contribution is 2.70. The Hall–Kier alpha value is -1.07. The molecule has 1 saturated heterocycles. The summed E-state index contributed by atoms with van der Waals surface area (Å²) in [5.74, 6) is -0.245. The molecule has 4 saturated carbocycles. The van der Waals surface area contributed by atoms with E-state index in [4.69, 9.17) is 14.2 Å². The van der Waals surface area contributed by atoms with Crippen LogP contribution in [0.3, 0.4) is 0 Å². The second-order valence-corrected chi connectivity index (χ2v) is 13.5. The van der Waals surface area contributed by atoms with E-state index in [-0.39, 0.29) is 48.3 Å². The van der Waals surface area contributed by atoms with Crippen molar-refractivity contribution in [2.75, 3.05) is 13.2 Å². The summed E-state index contributed by atoms with van der Waals surface area (Å²) < 4.78 is 17.2. The zero-order valence-corrected chi connectivity index (χ0v) is 22.6. The summed E-state index contributed by atoms with van der Waals surface area (Å²) >= 11 is 0. The van der Waals surface area contributed by atoms with Crippen molar-refractivity contribution in [1.29, 1.82) is 0 Å². The summed E-state index contributed by atoms with van der Waals surface area (Å²) in [6.45, 7) is 4.05. The van der Waals surface area contributed by atoms with Gasteiger partial charge < -0.3 is 39.7 Å². The molecule has 0 aromatic rings. The third kappa shape index (κ3) is 3.72. The molecule has 5 N–H and O–H groups in total. The first-order valence-corrected chi connectivity index (χ1v) is 14.6. The van der Waals surface area contributed by atoms with Gasteiger partial charge in [-0.15, -0.1) is 0 Å². The SMILES string of the molecule is C[C@H]1O[C@@H](O[C@H]2CC[C@]3(CO)[C@H]4CC[C@]5(C)[C@H](C6=CC(=O)OC6)CC[C@]5(O)[C@@H]4CC[C@]3(O)C2)C[C@H](O)[C@@H]1O. The normalized spacial score (nSPS) is 54.5. The molecule has 5 fully saturated rings. The van der Waals surface area contributed by atoms with Gasteiger partial charge in [-0.25, -0.2) is 4.79 Å². The zero-order chi connectivity index (χ0) is 27.1. The van der Waals surface area contributed by atoms with E-state index in [2.05, 4.69) is 6.92 Å². The molecule has 0 bridgehead atoms. The van der Waals surface area contributed by atoms with Gasteiger partial charge in [0.2, 0.25) is 0 Å². The highest BCUT2D eigenvalue weighted by molar-refractivity contribution is 5.85. The fourth-order valence-electron chi connectivity index (χ4n) is 9.94. The molecule has 0 unspecified atom stereocenters. The van der Waals surface area contributed by atoms with Crippen molar-refractivity contribution in [1.82, 2.24) is 0 Å². The van der Waals surface area contributed by atoms with Gasteiger partial charge in [0.25, 0.3) is 0 Å². The Morgan fingerprint density at radius 3 is 2.50 bits per heavy atom. The summed E-state index contributed by atoms with van der Waals surface area (Å²) in [6, 6.07) is 0. The van der Waals surface area contributed by atoms with Crippen molar-refractivity contribution in [3.63, 3.8) is 0 Å². The lowest BCUT2D eigenvalue weighted by Crippen LogP contribution is -2.69. The van der Waals surface area contributed by atoms with Gasteiger partial charge in [-0.1, -0.05) is 6.92 Å². The molecule has 2 aliphatic heterocycles. The van der Waals surface area contributed by atoms with Gasteiger partial charge in [-0.05, 0) is 81.6 Å². The number of carbonyl (C=O) groups excluding carboxylic acids is 1. The van der Waals surface area contributed by atoms with Crippen LogP contribution >= 0.6 is 0 Å². The van der Waals surface area contributed by atoms with E-state index < -0.39 is 41.2 Å². The quantitative estimate of drug-likeness (QED) is 0.267. The number of carbonyl (C=O) groups is 1. The predicted octanol–water partition coefficient (Wildman–Crippen LogP) is 1.57. The fourth-order valence-corrected chi connectivity index (χ4v) is 9.94. The summed E-state index contributed by atoms with van der Waals surface area (Å²) in [7, 11) is 0. The third-order valence-corrected chi connectivity index (χ3v) is 12.1. The first-order chi connectivity index (χ1) is 18.0. The van der Waals surface area contributed by atoms with E-state index in [1.165, 1.54) is 0 Å². The standard InChI is InChI=1S/C29H44O9/c1-16-25(33)22(31)12-24(37-16)38-18-3-8-27(15-30)20-4-7-26(2)19(17-11-23(32)36-14-17)6-10-29(26,35)21(20)5-9-28(27,34)13-18/h11,16,18-22,24-25,30-31,33-35H,3-10,12-15H2,1-2H3/t16-,18+,19+,20+,21-,22+,24+,25-,26-,27+,28+,29+/m1/s1. The Balaban J connectivity index is 1.21. The lowest BCUT2D eigenvalue weighted by Gasteiger charge is -2.66. The van der Waals surface area contributed by atoms with Crippen molar-refractivity contribution in [3.05, 3.63) is 11.6 Å². The first-order valence-electron chi connectivity index (χ1n) is 14.6. The number of fused-ring (bicyclic) bond motifs is 5. The van der Waals surface area contributed by atoms with Gasteiger partial charge in [-0.3, -0.25) is 0 Å². The van der Waals surface area contributed by atoms with E-state index in [0.717, 1.165) is 24.8 Å². The largest absolute Gasteiger partial charge is 0.458 e. The Bertz CT molecular complexity index is 973. The number of aliphatic hydroxyl groups excluding tert-OH is 3. The van der Waals surface area contributed by atoms with E-state index in [1.54, 1.807) is 13.0 Å². The Morgan fingerprint density at radius 1 is 1.05 bits per heavy atom. The maximum absolute atomic E-state index is 12.4. The molecule has 0 aromatic carbocycles. The molecule has 0 aromatic heterocycles. The molecule has 9 heteroatoms. The Morgan fingerprint density at radius 2 is 1.82 bits per heavy atom. The number of ether oxygens (including phenoxy) is 3. The highest BCUT2D eigenvalue weighted by atomic mass is 16.7. The van der Waals surface area contributed by atoms with Crippen LogP contribution in [0.2, 0.25) is 0 Å². The minimum atomic E-state index is -1.12. The predicted molar refractivity (Wildman–Crippen MR) is 134 cm³/mol. The number of esters is 1. The van der Waals surface area contributed by atoms with Crippen LogP contribution in [0.25, 0.3) is 0 Å². The van der Waals surface area contributed by atoms with Gasteiger partial charge >= 0.3 is 5.97 Å². The van der Waals surface area contributed by atoms with Crippen LogP contribution in [0.4, 0.5) is 0 Å². The first kappa shape index (κ1) is 27.1. The van der Waals surface area contributed by atoms with Gasteiger partial charge in [0.1, 0.15) is 12.7 Å². The summed E-state index contributed by atoms with van der Waals surface area (Å²) in [4.78, 5) is 11.8. The molecular weight excluding hydrogens is 492 g/mol. The zero-order valence-electron chi connectivity index (χ0n) is 22.6.